The number of aromatic nitrogens is 4. The van der Waals surface area contributed by atoms with Crippen LogP contribution in [0.15, 0.2) is 9.59 Å². The molecule has 116 valence electrons. The number of aromatic amines is 1. The number of hydrogen-bond acceptors (Lipinski definition) is 5. The summed E-state index contributed by atoms with van der Waals surface area (Å²) in [4.78, 5) is 31.0. The van der Waals surface area contributed by atoms with Gasteiger partial charge < -0.3 is 16.0 Å². The van der Waals surface area contributed by atoms with Crippen molar-refractivity contribution in [3.05, 3.63) is 20.8 Å². The number of anilines is 1. The number of nitrogens with zero attached hydrogens (tertiary/aromatic N) is 3. The average Bonchev–Trinajstić information content (AvgIpc) is 2.84. The smallest absolute Gasteiger partial charge is 0.332 e. The number of nitrogens with two attached hydrogens (primary N) is 1. The molecule has 0 aliphatic rings. The van der Waals surface area contributed by atoms with Crippen LogP contribution in [0.1, 0.15) is 20.3 Å². The van der Waals surface area contributed by atoms with E-state index in [2.05, 4.69) is 29.1 Å². The normalized spacial score (nSPS) is 13.0. The van der Waals surface area contributed by atoms with Crippen LogP contribution in [0, 0.1) is 5.92 Å². The summed E-state index contributed by atoms with van der Waals surface area (Å²) in [5.74, 6) is 0.966. The minimum Gasteiger partial charge on any atom is -0.354 e. The van der Waals surface area contributed by atoms with Crippen molar-refractivity contribution in [2.75, 3.05) is 11.9 Å². The molecule has 0 radical (unpaired) electrons. The van der Waals surface area contributed by atoms with Gasteiger partial charge in [0.15, 0.2) is 11.2 Å². The number of H-pyrrole nitrogens is 1. The van der Waals surface area contributed by atoms with Crippen molar-refractivity contribution in [2.45, 2.75) is 26.3 Å². The van der Waals surface area contributed by atoms with Crippen LogP contribution in [-0.2, 0) is 14.1 Å². The molecule has 0 aliphatic heterocycles. The van der Waals surface area contributed by atoms with Gasteiger partial charge in [0, 0.05) is 26.7 Å². The number of aryl methyl sites for hydroxylation is 1. The summed E-state index contributed by atoms with van der Waals surface area (Å²) in [6.45, 7) is 4.77. The molecule has 8 nitrogen and oxygen atoms in total. The molecule has 0 aliphatic carbocycles. The molecule has 0 saturated heterocycles. The van der Waals surface area contributed by atoms with E-state index >= 15 is 0 Å². The lowest BCUT2D eigenvalue weighted by Gasteiger charge is -2.14. The summed E-state index contributed by atoms with van der Waals surface area (Å²) in [5, 5.41) is 3.08. The first-order valence-corrected chi connectivity index (χ1v) is 6.96. The molecular weight excluding hydrogens is 272 g/mol. The molecule has 2 aromatic heterocycles. The van der Waals surface area contributed by atoms with Gasteiger partial charge in [-0.15, -0.1) is 0 Å². The average molecular weight is 294 g/mol. The molecule has 0 bridgehead atoms. The number of rotatable bonds is 5. The maximum absolute atomic E-state index is 12.0. The highest BCUT2D eigenvalue weighted by molar-refractivity contribution is 5.72. The van der Waals surface area contributed by atoms with Gasteiger partial charge in [0.2, 0.25) is 5.95 Å². The summed E-state index contributed by atoms with van der Waals surface area (Å²) in [5.41, 5.74) is 5.85. The van der Waals surface area contributed by atoms with Crippen molar-refractivity contribution in [3.63, 3.8) is 0 Å². The number of hydrogen-bond donors (Lipinski definition) is 3. The fourth-order valence-electron chi connectivity index (χ4n) is 2.33. The SMILES string of the molecule is CC(C)CC(N)CNc1nc2c([nH]1)c(=O)n(C)c(=O)n2C. The molecule has 2 heterocycles. The minimum absolute atomic E-state index is 0.00450. The van der Waals surface area contributed by atoms with Crippen LogP contribution in [0.5, 0.6) is 0 Å². The van der Waals surface area contributed by atoms with Gasteiger partial charge in [-0.25, -0.2) is 4.79 Å². The predicted octanol–water partition coefficient (Wildman–Crippen LogP) is -0.254. The summed E-state index contributed by atoms with van der Waals surface area (Å²) in [6, 6.07) is 0.00450. The fraction of sp³-hybridized carbons (Fsp3) is 0.615. The molecule has 1 unspecified atom stereocenters. The van der Waals surface area contributed by atoms with Gasteiger partial charge in [-0.3, -0.25) is 13.9 Å². The summed E-state index contributed by atoms with van der Waals surface area (Å²) in [6.07, 6.45) is 0.896. The second kappa shape index (κ2) is 5.72. The van der Waals surface area contributed by atoms with E-state index in [9.17, 15) is 9.59 Å². The molecular formula is C13H22N6O2. The van der Waals surface area contributed by atoms with Crippen molar-refractivity contribution in [1.82, 2.24) is 19.1 Å². The van der Waals surface area contributed by atoms with E-state index in [1.807, 2.05) is 0 Å². The van der Waals surface area contributed by atoms with Crippen LogP contribution in [0.3, 0.4) is 0 Å². The van der Waals surface area contributed by atoms with Gasteiger partial charge in [-0.05, 0) is 12.3 Å². The lowest BCUT2D eigenvalue weighted by Crippen LogP contribution is -2.36. The zero-order valence-electron chi connectivity index (χ0n) is 12.8. The fourth-order valence-corrected chi connectivity index (χ4v) is 2.33. The standard InChI is InChI=1S/C13H22N6O2/c1-7(2)5-8(14)6-15-12-16-9-10(17-12)18(3)13(21)19(4)11(9)20/h7-8H,5-6,14H2,1-4H3,(H2,15,16,17). The highest BCUT2D eigenvalue weighted by atomic mass is 16.2. The molecule has 8 heteroatoms. The first-order chi connectivity index (χ1) is 9.81. The lowest BCUT2D eigenvalue weighted by molar-refractivity contribution is 0.507. The molecule has 21 heavy (non-hydrogen) atoms. The van der Waals surface area contributed by atoms with Gasteiger partial charge in [0.05, 0.1) is 0 Å². The summed E-state index contributed by atoms with van der Waals surface area (Å²) < 4.78 is 2.39. The van der Waals surface area contributed by atoms with E-state index in [-0.39, 0.29) is 11.6 Å². The van der Waals surface area contributed by atoms with Crippen molar-refractivity contribution in [1.29, 1.82) is 0 Å². The van der Waals surface area contributed by atoms with Gasteiger partial charge in [0.1, 0.15) is 0 Å². The highest BCUT2D eigenvalue weighted by Crippen LogP contribution is 2.09. The zero-order chi connectivity index (χ0) is 15.7. The third kappa shape index (κ3) is 2.99. The Morgan fingerprint density at radius 3 is 2.57 bits per heavy atom. The van der Waals surface area contributed by atoms with Gasteiger partial charge in [-0.2, -0.15) is 4.98 Å². The third-order valence-corrected chi connectivity index (χ3v) is 3.40. The molecule has 4 N–H and O–H groups in total. The first-order valence-electron chi connectivity index (χ1n) is 6.96. The first kappa shape index (κ1) is 15.3. The minimum atomic E-state index is -0.401. The summed E-state index contributed by atoms with van der Waals surface area (Å²) >= 11 is 0. The quantitative estimate of drug-likeness (QED) is 0.704. The van der Waals surface area contributed by atoms with E-state index in [0.29, 0.717) is 29.6 Å². The van der Waals surface area contributed by atoms with E-state index in [4.69, 9.17) is 5.73 Å². The van der Waals surface area contributed by atoms with Gasteiger partial charge >= 0.3 is 5.69 Å². The Balaban J connectivity index is 2.28. The molecule has 0 fully saturated rings. The Morgan fingerprint density at radius 1 is 1.29 bits per heavy atom. The number of imidazole rings is 1. The predicted molar refractivity (Wildman–Crippen MR) is 82.5 cm³/mol. The Morgan fingerprint density at radius 2 is 1.95 bits per heavy atom. The summed E-state index contributed by atoms with van der Waals surface area (Å²) in [7, 11) is 3.02. The van der Waals surface area contributed by atoms with Crippen LogP contribution < -0.4 is 22.3 Å². The molecule has 0 spiro atoms. The molecule has 0 saturated carbocycles. The monoisotopic (exact) mass is 294 g/mol. The molecule has 0 aromatic carbocycles. The second-order valence-electron chi connectivity index (χ2n) is 5.76. The molecule has 2 aromatic rings. The lowest BCUT2D eigenvalue weighted by atomic mass is 10.0. The van der Waals surface area contributed by atoms with Crippen molar-refractivity contribution < 1.29 is 0 Å². The van der Waals surface area contributed by atoms with E-state index < -0.39 is 5.69 Å². The molecule has 0 amide bonds. The highest BCUT2D eigenvalue weighted by Gasteiger charge is 2.14. The third-order valence-electron chi connectivity index (χ3n) is 3.40. The van der Waals surface area contributed by atoms with E-state index in [1.54, 1.807) is 7.05 Å². The van der Waals surface area contributed by atoms with Crippen LogP contribution in [0.2, 0.25) is 0 Å². The van der Waals surface area contributed by atoms with E-state index in [1.165, 1.54) is 11.6 Å². The van der Waals surface area contributed by atoms with Crippen molar-refractivity contribution in [3.8, 4) is 0 Å². The Kier molecular flexibility index (Phi) is 4.17. The molecule has 2 rings (SSSR count). The van der Waals surface area contributed by atoms with Crippen LogP contribution in [0.4, 0.5) is 5.95 Å². The van der Waals surface area contributed by atoms with Gasteiger partial charge in [-0.1, -0.05) is 13.8 Å². The number of nitrogens with one attached hydrogen (secondary N) is 2. The van der Waals surface area contributed by atoms with Gasteiger partial charge in [0.25, 0.3) is 5.56 Å². The molecule has 1 atom stereocenters. The van der Waals surface area contributed by atoms with Crippen LogP contribution in [0.25, 0.3) is 11.2 Å². The van der Waals surface area contributed by atoms with Crippen molar-refractivity contribution in [2.24, 2.45) is 25.7 Å². The van der Waals surface area contributed by atoms with Crippen LogP contribution >= 0.6 is 0 Å². The maximum atomic E-state index is 12.0. The van der Waals surface area contributed by atoms with Crippen LogP contribution in [-0.4, -0.2) is 31.7 Å². The second-order valence-corrected chi connectivity index (χ2v) is 5.76. The Bertz CT molecular complexity index is 754. The Labute approximate surface area is 122 Å². The van der Waals surface area contributed by atoms with E-state index in [0.717, 1.165) is 11.0 Å². The number of fused-ring (bicyclic) bond motifs is 1. The van der Waals surface area contributed by atoms with Crippen molar-refractivity contribution >= 4 is 17.1 Å². The topological polar surface area (TPSA) is 111 Å². The maximum Gasteiger partial charge on any atom is 0.332 e. The largest absolute Gasteiger partial charge is 0.354 e. The Hall–Kier alpha value is -2.09. The zero-order valence-corrected chi connectivity index (χ0v) is 12.8.